The van der Waals surface area contributed by atoms with E-state index in [0.717, 1.165) is 5.08 Å². The number of hydrogen-bond acceptors (Lipinski definition) is 11. The van der Waals surface area contributed by atoms with Crippen LogP contribution in [-0.2, 0) is 33.4 Å². The van der Waals surface area contributed by atoms with Crippen LogP contribution in [0.15, 0.2) is 22.3 Å². The van der Waals surface area contributed by atoms with Crippen molar-refractivity contribution in [3.8, 4) is 0 Å². The summed E-state index contributed by atoms with van der Waals surface area (Å²) in [6.45, 7) is 11.3. The summed E-state index contributed by atoms with van der Waals surface area (Å²) in [6.07, 6.45) is -0.742. The molecule has 0 spiro atoms. The van der Waals surface area contributed by atoms with Crippen molar-refractivity contribution < 1.29 is 38.2 Å². The summed E-state index contributed by atoms with van der Waals surface area (Å²) in [5.41, 5.74) is -0.100. The fourth-order valence-electron chi connectivity index (χ4n) is 3.71. The first-order valence-corrected chi connectivity index (χ1v) is 15.5. The molecular formula is C25H35N3O8S3. The minimum absolute atomic E-state index is 0.0762. The quantitative estimate of drug-likeness (QED) is 0.253. The third-order valence-electron chi connectivity index (χ3n) is 5.59. The van der Waals surface area contributed by atoms with Gasteiger partial charge in [-0.05, 0) is 65.0 Å². The van der Waals surface area contributed by atoms with Crippen LogP contribution in [0.25, 0.3) is 0 Å². The Morgan fingerprint density at radius 3 is 2.38 bits per heavy atom. The molecule has 0 aromatic heterocycles. The highest BCUT2D eigenvalue weighted by Crippen LogP contribution is 2.40. The lowest BCUT2D eigenvalue weighted by molar-refractivity contribution is -0.173. The molecule has 39 heavy (non-hydrogen) atoms. The van der Waals surface area contributed by atoms with Gasteiger partial charge in [-0.25, -0.2) is 9.59 Å². The average Bonchev–Trinajstić information content (AvgIpc) is 2.84. The SMILES string of the molecule is CC1=C(C(=O)OCOC(=O)C(C)(C)C)N2C(=O)C(NC(=O)C(NC(=O)OC(C)(C)C)C3=CSCSC3)C2SC1. The van der Waals surface area contributed by atoms with Crippen LogP contribution in [0.2, 0.25) is 0 Å². The molecule has 3 aliphatic heterocycles. The van der Waals surface area contributed by atoms with Gasteiger partial charge in [0, 0.05) is 16.6 Å². The van der Waals surface area contributed by atoms with Crippen LogP contribution in [-0.4, -0.2) is 81.2 Å². The van der Waals surface area contributed by atoms with E-state index in [1.165, 1.54) is 28.4 Å². The number of hydrogen-bond donors (Lipinski definition) is 2. The van der Waals surface area contributed by atoms with E-state index in [0.29, 0.717) is 22.7 Å². The normalized spacial score (nSPS) is 22.1. The van der Waals surface area contributed by atoms with Gasteiger partial charge in [0.1, 0.15) is 28.8 Å². The van der Waals surface area contributed by atoms with Gasteiger partial charge in [-0.3, -0.25) is 19.3 Å². The second kappa shape index (κ2) is 12.5. The Kier molecular flexibility index (Phi) is 9.97. The van der Waals surface area contributed by atoms with Crippen molar-refractivity contribution >= 4 is 65.1 Å². The number of amides is 3. The Morgan fingerprint density at radius 2 is 1.79 bits per heavy atom. The van der Waals surface area contributed by atoms with Crippen LogP contribution in [0.3, 0.4) is 0 Å². The minimum Gasteiger partial charge on any atom is -0.444 e. The standard InChI is InChI=1S/C25H35N3O8S3/c1-13-8-39-20-16(19(30)28(20)17(13)21(31)34-11-35-22(32)24(2,3)4)26-18(29)15(14-9-37-12-38-10-14)27-23(33)36-25(5,6)7/h9,15-16,20H,8,10-12H2,1-7H3,(H,26,29)(H,27,33). The van der Waals surface area contributed by atoms with Crippen LogP contribution in [0.5, 0.6) is 0 Å². The number of carbonyl (C=O) groups is 5. The zero-order valence-electron chi connectivity index (χ0n) is 23.1. The monoisotopic (exact) mass is 601 g/mol. The first kappa shape index (κ1) is 31.2. The molecule has 3 unspecified atom stereocenters. The molecule has 1 fully saturated rings. The maximum absolute atomic E-state index is 13.4. The van der Waals surface area contributed by atoms with Gasteiger partial charge in [-0.2, -0.15) is 0 Å². The number of esters is 2. The van der Waals surface area contributed by atoms with Crippen molar-refractivity contribution in [1.82, 2.24) is 15.5 Å². The van der Waals surface area contributed by atoms with Gasteiger partial charge >= 0.3 is 18.0 Å². The number of thioether (sulfide) groups is 3. The van der Waals surface area contributed by atoms with Crippen LogP contribution >= 0.6 is 35.3 Å². The molecule has 0 aromatic carbocycles. The van der Waals surface area contributed by atoms with E-state index in [2.05, 4.69) is 10.6 Å². The third-order valence-corrected chi connectivity index (χ3v) is 9.23. The smallest absolute Gasteiger partial charge is 0.408 e. The van der Waals surface area contributed by atoms with Crippen LogP contribution < -0.4 is 10.6 Å². The first-order chi connectivity index (χ1) is 18.1. The van der Waals surface area contributed by atoms with E-state index in [1.807, 2.05) is 5.41 Å². The summed E-state index contributed by atoms with van der Waals surface area (Å²) in [7, 11) is 0. The fraction of sp³-hybridized carbons (Fsp3) is 0.640. The molecule has 14 heteroatoms. The van der Waals surface area contributed by atoms with Gasteiger partial charge in [0.05, 0.1) is 5.41 Å². The second-order valence-corrected chi connectivity index (χ2v) is 14.5. The summed E-state index contributed by atoms with van der Waals surface area (Å²) in [5.74, 6) is -1.36. The van der Waals surface area contributed by atoms with E-state index in [1.54, 1.807) is 60.2 Å². The summed E-state index contributed by atoms with van der Waals surface area (Å²) in [4.78, 5) is 65.1. The van der Waals surface area contributed by atoms with Gasteiger partial charge < -0.3 is 24.8 Å². The van der Waals surface area contributed by atoms with Crippen molar-refractivity contribution in [2.45, 2.75) is 71.5 Å². The number of nitrogens with one attached hydrogen (secondary N) is 2. The van der Waals surface area contributed by atoms with Crippen LogP contribution in [0.4, 0.5) is 4.79 Å². The molecule has 1 saturated heterocycles. The highest BCUT2D eigenvalue weighted by molar-refractivity contribution is 8.18. The van der Waals surface area contributed by atoms with Crippen molar-refractivity contribution in [1.29, 1.82) is 0 Å². The Bertz CT molecular complexity index is 1090. The number of rotatable bonds is 7. The lowest BCUT2D eigenvalue weighted by Gasteiger charge is -2.49. The Labute approximate surface area is 240 Å². The Morgan fingerprint density at radius 1 is 1.10 bits per heavy atom. The lowest BCUT2D eigenvalue weighted by atomic mass is 9.98. The molecule has 0 aliphatic carbocycles. The van der Waals surface area contributed by atoms with E-state index in [4.69, 9.17) is 14.2 Å². The maximum atomic E-state index is 13.4. The summed E-state index contributed by atoms with van der Waals surface area (Å²) >= 11 is 4.54. The molecule has 3 rings (SSSR count). The lowest BCUT2D eigenvalue weighted by Crippen LogP contribution is -2.71. The number of β-lactam (4-membered cyclic amide) rings is 1. The van der Waals surface area contributed by atoms with Crippen molar-refractivity contribution in [3.05, 3.63) is 22.3 Å². The molecule has 3 aliphatic rings. The van der Waals surface area contributed by atoms with Gasteiger partial charge in [0.2, 0.25) is 12.7 Å². The minimum atomic E-state index is -1.02. The molecular weight excluding hydrogens is 566 g/mol. The molecule has 0 saturated carbocycles. The number of fused-ring (bicyclic) bond motifs is 1. The van der Waals surface area contributed by atoms with E-state index < -0.39 is 65.1 Å². The first-order valence-electron chi connectivity index (χ1n) is 12.3. The predicted molar refractivity (Wildman–Crippen MR) is 150 cm³/mol. The van der Waals surface area contributed by atoms with Crippen molar-refractivity contribution in [2.75, 3.05) is 23.4 Å². The Balaban J connectivity index is 1.67. The van der Waals surface area contributed by atoms with Gasteiger partial charge in [-0.15, -0.1) is 35.3 Å². The van der Waals surface area contributed by atoms with E-state index in [9.17, 15) is 24.0 Å². The predicted octanol–water partition coefficient (Wildman–Crippen LogP) is 2.97. The molecule has 216 valence electrons. The number of alkyl carbamates (subject to hydrolysis) is 1. The van der Waals surface area contributed by atoms with Gasteiger partial charge in [0.15, 0.2) is 0 Å². The molecule has 3 atom stereocenters. The summed E-state index contributed by atoms with van der Waals surface area (Å²) < 4.78 is 15.5. The molecule has 11 nitrogen and oxygen atoms in total. The van der Waals surface area contributed by atoms with E-state index in [-0.39, 0.29) is 5.70 Å². The van der Waals surface area contributed by atoms with E-state index >= 15 is 0 Å². The van der Waals surface area contributed by atoms with Crippen LogP contribution in [0, 0.1) is 5.41 Å². The van der Waals surface area contributed by atoms with Gasteiger partial charge in [-0.1, -0.05) is 0 Å². The highest BCUT2D eigenvalue weighted by Gasteiger charge is 2.54. The molecule has 3 amide bonds. The van der Waals surface area contributed by atoms with Crippen molar-refractivity contribution in [3.63, 3.8) is 0 Å². The number of carbonyl (C=O) groups excluding carboxylic acids is 5. The van der Waals surface area contributed by atoms with Crippen LogP contribution in [0.1, 0.15) is 48.5 Å². The number of nitrogens with zero attached hydrogens (tertiary/aromatic N) is 1. The fourth-order valence-corrected chi connectivity index (χ4v) is 7.01. The van der Waals surface area contributed by atoms with Gasteiger partial charge in [0.25, 0.3) is 5.91 Å². The molecule has 2 N–H and O–H groups in total. The molecule has 0 bridgehead atoms. The largest absolute Gasteiger partial charge is 0.444 e. The molecule has 3 heterocycles. The zero-order valence-corrected chi connectivity index (χ0v) is 25.5. The highest BCUT2D eigenvalue weighted by atomic mass is 32.2. The summed E-state index contributed by atoms with van der Waals surface area (Å²) in [6, 6.07) is -1.92. The summed E-state index contributed by atoms with van der Waals surface area (Å²) in [5, 5.41) is 7.53. The number of ether oxygens (including phenoxy) is 3. The molecule has 0 radical (unpaired) electrons. The van der Waals surface area contributed by atoms with Crippen molar-refractivity contribution in [2.24, 2.45) is 5.41 Å². The average molecular weight is 602 g/mol. The maximum Gasteiger partial charge on any atom is 0.408 e. The zero-order chi connectivity index (χ0) is 29.1. The second-order valence-electron chi connectivity index (χ2n) is 11.2. The molecule has 0 aromatic rings. The topological polar surface area (TPSA) is 140 Å². The third kappa shape index (κ3) is 7.88. The Hall–Kier alpha value is -2.32.